The summed E-state index contributed by atoms with van der Waals surface area (Å²) in [6.07, 6.45) is 3.36. The summed E-state index contributed by atoms with van der Waals surface area (Å²) in [5, 5.41) is 12.5. The second-order valence-electron chi connectivity index (χ2n) is 6.26. The summed E-state index contributed by atoms with van der Waals surface area (Å²) in [5.74, 6) is -0.179. The van der Waals surface area contributed by atoms with Crippen molar-refractivity contribution in [3.8, 4) is 6.07 Å². The summed E-state index contributed by atoms with van der Waals surface area (Å²) in [7, 11) is 3.71. The highest BCUT2D eigenvalue weighted by Gasteiger charge is 2.29. The third kappa shape index (κ3) is 3.41. The van der Waals surface area contributed by atoms with E-state index in [9.17, 15) is 10.1 Å². The van der Waals surface area contributed by atoms with Crippen molar-refractivity contribution < 1.29 is 4.79 Å². The highest BCUT2D eigenvalue weighted by atomic mass is 16.1. The SMILES string of the molecule is CN(C)C=Nc1c(C(=O)NCc2ccccc2)c2n(c1C#N)CCC2. The molecule has 0 bridgehead atoms. The lowest BCUT2D eigenvalue weighted by Crippen LogP contribution is -2.23. The van der Waals surface area contributed by atoms with Crippen LogP contribution in [0.3, 0.4) is 0 Å². The number of hydrogen-bond acceptors (Lipinski definition) is 3. The average Bonchev–Trinajstić information content (AvgIpc) is 3.18. The lowest BCUT2D eigenvalue weighted by atomic mass is 10.1. The molecule has 3 rings (SSSR count). The summed E-state index contributed by atoms with van der Waals surface area (Å²) in [6, 6.07) is 12.0. The number of carbonyl (C=O) groups excluding carboxylic acids is 1. The van der Waals surface area contributed by atoms with E-state index in [4.69, 9.17) is 0 Å². The third-order valence-corrected chi connectivity index (χ3v) is 4.19. The molecule has 0 saturated carbocycles. The van der Waals surface area contributed by atoms with E-state index < -0.39 is 0 Å². The van der Waals surface area contributed by atoms with Gasteiger partial charge in [-0.15, -0.1) is 0 Å². The van der Waals surface area contributed by atoms with E-state index in [1.165, 1.54) is 0 Å². The standard InChI is InChI=1S/C19H21N5O/c1-23(2)13-22-18-16(11-20)24-10-6-9-15(24)17(18)19(25)21-12-14-7-4-3-5-8-14/h3-5,7-8,13H,6,9-10,12H2,1-2H3,(H,21,25). The minimum absolute atomic E-state index is 0.179. The molecule has 0 saturated heterocycles. The number of nitriles is 1. The first-order chi connectivity index (χ1) is 12.1. The number of rotatable bonds is 5. The van der Waals surface area contributed by atoms with Crippen molar-refractivity contribution >= 4 is 17.9 Å². The van der Waals surface area contributed by atoms with E-state index in [0.717, 1.165) is 30.6 Å². The van der Waals surface area contributed by atoms with Gasteiger partial charge in [-0.25, -0.2) is 4.99 Å². The van der Waals surface area contributed by atoms with Gasteiger partial charge in [0, 0.05) is 32.9 Å². The Bertz CT molecular complexity index is 843. The predicted octanol–water partition coefficient (Wildman–Crippen LogP) is 2.46. The first-order valence-electron chi connectivity index (χ1n) is 8.30. The molecule has 1 aliphatic rings. The number of nitrogens with zero attached hydrogens (tertiary/aromatic N) is 4. The van der Waals surface area contributed by atoms with E-state index >= 15 is 0 Å². The van der Waals surface area contributed by atoms with Crippen molar-refractivity contribution in [2.75, 3.05) is 14.1 Å². The van der Waals surface area contributed by atoms with E-state index in [1.807, 2.05) is 49.0 Å². The minimum Gasteiger partial charge on any atom is -0.369 e. The van der Waals surface area contributed by atoms with Crippen LogP contribution in [0.4, 0.5) is 5.69 Å². The second kappa shape index (κ2) is 7.22. The van der Waals surface area contributed by atoms with Gasteiger partial charge < -0.3 is 14.8 Å². The van der Waals surface area contributed by atoms with E-state index in [2.05, 4.69) is 16.4 Å². The Labute approximate surface area is 147 Å². The molecule has 0 fully saturated rings. The Morgan fingerprint density at radius 3 is 2.84 bits per heavy atom. The Morgan fingerprint density at radius 1 is 1.40 bits per heavy atom. The summed E-state index contributed by atoms with van der Waals surface area (Å²) >= 11 is 0. The lowest BCUT2D eigenvalue weighted by molar-refractivity contribution is 0.0951. The smallest absolute Gasteiger partial charge is 0.255 e. The van der Waals surface area contributed by atoms with Crippen molar-refractivity contribution in [2.45, 2.75) is 25.9 Å². The molecule has 2 heterocycles. The number of aliphatic imine (C=N–C) groups is 1. The normalized spacial score (nSPS) is 12.8. The molecular formula is C19H21N5O. The molecule has 1 aromatic heterocycles. The third-order valence-electron chi connectivity index (χ3n) is 4.19. The largest absolute Gasteiger partial charge is 0.369 e. The summed E-state index contributed by atoms with van der Waals surface area (Å²) in [6.45, 7) is 1.21. The molecule has 0 atom stereocenters. The van der Waals surface area contributed by atoms with Crippen LogP contribution in [0.25, 0.3) is 0 Å². The monoisotopic (exact) mass is 335 g/mol. The molecule has 128 valence electrons. The highest BCUT2D eigenvalue weighted by molar-refractivity contribution is 6.02. The molecule has 0 aliphatic carbocycles. The van der Waals surface area contributed by atoms with Gasteiger partial charge in [-0.3, -0.25) is 4.79 Å². The van der Waals surface area contributed by atoms with Crippen LogP contribution >= 0.6 is 0 Å². The fourth-order valence-electron chi connectivity index (χ4n) is 3.08. The van der Waals surface area contributed by atoms with Crippen LogP contribution in [0.5, 0.6) is 0 Å². The van der Waals surface area contributed by atoms with Crippen LogP contribution in [0, 0.1) is 11.3 Å². The zero-order valence-electron chi connectivity index (χ0n) is 14.5. The fraction of sp³-hybridized carbons (Fsp3) is 0.316. The van der Waals surface area contributed by atoms with Crippen molar-refractivity contribution in [3.05, 3.63) is 52.8 Å². The van der Waals surface area contributed by atoms with Crippen molar-refractivity contribution in [3.63, 3.8) is 0 Å². The maximum Gasteiger partial charge on any atom is 0.255 e. The number of benzene rings is 1. The fourth-order valence-corrected chi connectivity index (χ4v) is 3.08. The molecule has 25 heavy (non-hydrogen) atoms. The number of amides is 1. The number of hydrogen-bond donors (Lipinski definition) is 1. The van der Waals surface area contributed by atoms with Crippen molar-refractivity contribution in [1.82, 2.24) is 14.8 Å². The molecule has 1 amide bonds. The molecule has 6 nitrogen and oxygen atoms in total. The zero-order chi connectivity index (χ0) is 17.8. The Morgan fingerprint density at radius 2 is 2.16 bits per heavy atom. The molecule has 6 heteroatoms. The molecule has 0 radical (unpaired) electrons. The van der Waals surface area contributed by atoms with Gasteiger partial charge in [0.2, 0.25) is 0 Å². The molecule has 2 aromatic rings. The maximum absolute atomic E-state index is 12.9. The average molecular weight is 335 g/mol. The minimum atomic E-state index is -0.179. The van der Waals surface area contributed by atoms with Crippen LogP contribution in [0.1, 0.15) is 33.7 Å². The van der Waals surface area contributed by atoms with E-state index in [0.29, 0.717) is 23.5 Å². The highest BCUT2D eigenvalue weighted by Crippen LogP contribution is 2.35. The quantitative estimate of drug-likeness (QED) is 0.674. The summed E-state index contributed by atoms with van der Waals surface area (Å²) < 4.78 is 1.93. The zero-order valence-corrected chi connectivity index (χ0v) is 14.5. The van der Waals surface area contributed by atoms with Gasteiger partial charge in [-0.05, 0) is 18.4 Å². The second-order valence-corrected chi connectivity index (χ2v) is 6.26. The molecular weight excluding hydrogens is 314 g/mol. The van der Waals surface area contributed by atoms with Gasteiger partial charge in [0.1, 0.15) is 17.5 Å². The Balaban J connectivity index is 1.94. The summed E-state index contributed by atoms with van der Waals surface area (Å²) in [5.41, 5.74) is 3.41. The maximum atomic E-state index is 12.9. The van der Waals surface area contributed by atoms with Gasteiger partial charge in [0.05, 0.1) is 11.9 Å². The van der Waals surface area contributed by atoms with E-state index in [-0.39, 0.29) is 5.91 Å². The number of aromatic nitrogens is 1. The molecule has 1 aromatic carbocycles. The lowest BCUT2D eigenvalue weighted by Gasteiger charge is -2.07. The van der Waals surface area contributed by atoms with Gasteiger partial charge in [0.25, 0.3) is 5.91 Å². The predicted molar refractivity (Wildman–Crippen MR) is 96.9 cm³/mol. The first kappa shape index (κ1) is 16.8. The van der Waals surface area contributed by atoms with Crippen LogP contribution in [-0.2, 0) is 19.5 Å². The number of carbonyl (C=O) groups is 1. The summed E-state index contributed by atoms with van der Waals surface area (Å²) in [4.78, 5) is 19.1. The van der Waals surface area contributed by atoms with Crippen molar-refractivity contribution in [2.24, 2.45) is 4.99 Å². The van der Waals surface area contributed by atoms with Crippen molar-refractivity contribution in [1.29, 1.82) is 5.26 Å². The van der Waals surface area contributed by atoms with Crippen LogP contribution in [0.15, 0.2) is 35.3 Å². The Hall–Kier alpha value is -3.07. The van der Waals surface area contributed by atoms with Crippen LogP contribution < -0.4 is 5.32 Å². The Kier molecular flexibility index (Phi) is 4.85. The number of nitrogens with one attached hydrogen (secondary N) is 1. The van der Waals surface area contributed by atoms with E-state index in [1.54, 1.807) is 11.2 Å². The first-order valence-corrected chi connectivity index (χ1v) is 8.30. The van der Waals surface area contributed by atoms with Gasteiger partial charge in [-0.2, -0.15) is 5.26 Å². The molecule has 1 aliphatic heterocycles. The topological polar surface area (TPSA) is 73.4 Å². The van der Waals surface area contributed by atoms with Gasteiger partial charge in [-0.1, -0.05) is 30.3 Å². The molecule has 0 unspecified atom stereocenters. The van der Waals surface area contributed by atoms with Gasteiger partial charge >= 0.3 is 0 Å². The molecule has 1 N–H and O–H groups in total. The van der Waals surface area contributed by atoms with Crippen LogP contribution in [0.2, 0.25) is 0 Å². The van der Waals surface area contributed by atoms with Crippen LogP contribution in [-0.4, -0.2) is 35.8 Å². The van der Waals surface area contributed by atoms with Gasteiger partial charge in [0.15, 0.2) is 0 Å². The molecule has 0 spiro atoms. The number of fused-ring (bicyclic) bond motifs is 1.